The average molecular weight is 208 g/mol. The Morgan fingerprint density at radius 1 is 1.33 bits per heavy atom. The van der Waals surface area contributed by atoms with Gasteiger partial charge in [0.25, 0.3) is 0 Å². The molecule has 0 aliphatic rings. The Labute approximate surface area is 89.6 Å². The Kier molecular flexibility index (Phi) is 4.47. The first-order valence-corrected chi connectivity index (χ1v) is 5.04. The van der Waals surface area contributed by atoms with E-state index in [2.05, 4.69) is 10.6 Å². The van der Waals surface area contributed by atoms with E-state index in [1.54, 1.807) is 6.07 Å². The molecule has 0 aliphatic heterocycles. The number of anilines is 1. The monoisotopic (exact) mass is 208 g/mol. The number of urea groups is 1. The standard InChI is InChI=1S/C11H16N2O2/c1-3-12-11(14)13-9-7-5-6-8-10(9)15-4-2/h5-8H,3-4H2,1-2H3,(H2,12,13,14). The maximum Gasteiger partial charge on any atom is 0.319 e. The van der Waals surface area contributed by atoms with E-state index in [-0.39, 0.29) is 6.03 Å². The fraction of sp³-hybridized carbons (Fsp3) is 0.364. The van der Waals surface area contributed by atoms with Crippen LogP contribution in [-0.2, 0) is 0 Å². The number of hydrogen-bond donors (Lipinski definition) is 2. The van der Waals surface area contributed by atoms with Crippen LogP contribution in [0.25, 0.3) is 0 Å². The van der Waals surface area contributed by atoms with E-state index in [0.717, 1.165) is 0 Å². The van der Waals surface area contributed by atoms with Crippen LogP contribution in [0.3, 0.4) is 0 Å². The number of rotatable bonds is 4. The topological polar surface area (TPSA) is 50.4 Å². The summed E-state index contributed by atoms with van der Waals surface area (Å²) in [7, 11) is 0. The first-order chi connectivity index (χ1) is 7.27. The Morgan fingerprint density at radius 2 is 2.07 bits per heavy atom. The second-order valence-electron chi connectivity index (χ2n) is 2.91. The zero-order chi connectivity index (χ0) is 11.1. The third kappa shape index (κ3) is 3.50. The smallest absolute Gasteiger partial charge is 0.319 e. The van der Waals surface area contributed by atoms with Gasteiger partial charge in [-0.25, -0.2) is 4.79 Å². The quantitative estimate of drug-likeness (QED) is 0.797. The highest BCUT2D eigenvalue weighted by Crippen LogP contribution is 2.23. The largest absolute Gasteiger partial charge is 0.492 e. The highest BCUT2D eigenvalue weighted by molar-refractivity contribution is 5.90. The third-order valence-electron chi connectivity index (χ3n) is 1.77. The van der Waals surface area contributed by atoms with Crippen LogP contribution in [0.1, 0.15) is 13.8 Å². The second-order valence-corrected chi connectivity index (χ2v) is 2.91. The van der Waals surface area contributed by atoms with Crippen molar-refractivity contribution in [3.05, 3.63) is 24.3 Å². The molecule has 2 amide bonds. The third-order valence-corrected chi connectivity index (χ3v) is 1.77. The Bertz CT molecular complexity index is 326. The molecule has 0 atom stereocenters. The lowest BCUT2D eigenvalue weighted by molar-refractivity contribution is 0.252. The highest BCUT2D eigenvalue weighted by Gasteiger charge is 2.05. The summed E-state index contributed by atoms with van der Waals surface area (Å²) in [4.78, 5) is 11.3. The predicted molar refractivity (Wildman–Crippen MR) is 60.3 cm³/mol. The second kappa shape index (κ2) is 5.90. The van der Waals surface area contributed by atoms with E-state index < -0.39 is 0 Å². The number of hydrogen-bond acceptors (Lipinski definition) is 2. The molecule has 0 aromatic heterocycles. The van der Waals surface area contributed by atoms with E-state index >= 15 is 0 Å². The van der Waals surface area contributed by atoms with E-state index in [1.165, 1.54) is 0 Å². The summed E-state index contributed by atoms with van der Waals surface area (Å²) in [6, 6.07) is 7.13. The number of para-hydroxylation sites is 2. The van der Waals surface area contributed by atoms with Crippen molar-refractivity contribution in [2.45, 2.75) is 13.8 Å². The first-order valence-electron chi connectivity index (χ1n) is 5.04. The Morgan fingerprint density at radius 3 is 2.73 bits per heavy atom. The molecule has 1 rings (SSSR count). The molecule has 0 bridgehead atoms. The van der Waals surface area contributed by atoms with Gasteiger partial charge in [-0.2, -0.15) is 0 Å². The van der Waals surface area contributed by atoms with E-state index in [4.69, 9.17) is 4.74 Å². The van der Waals surface area contributed by atoms with Crippen molar-refractivity contribution < 1.29 is 9.53 Å². The van der Waals surface area contributed by atoms with Crippen molar-refractivity contribution in [1.29, 1.82) is 0 Å². The molecule has 1 aromatic rings. The lowest BCUT2D eigenvalue weighted by atomic mass is 10.3. The van der Waals surface area contributed by atoms with Gasteiger partial charge in [-0.05, 0) is 26.0 Å². The van der Waals surface area contributed by atoms with Crippen molar-refractivity contribution in [3.63, 3.8) is 0 Å². The maximum atomic E-state index is 11.3. The molecule has 0 spiro atoms. The molecule has 2 N–H and O–H groups in total. The molecular formula is C11H16N2O2. The molecule has 15 heavy (non-hydrogen) atoms. The van der Waals surface area contributed by atoms with Gasteiger partial charge in [-0.3, -0.25) is 0 Å². The predicted octanol–water partition coefficient (Wildman–Crippen LogP) is 2.23. The fourth-order valence-corrected chi connectivity index (χ4v) is 1.18. The SMILES string of the molecule is CCNC(=O)Nc1ccccc1OCC. The highest BCUT2D eigenvalue weighted by atomic mass is 16.5. The minimum absolute atomic E-state index is 0.218. The van der Waals surface area contributed by atoms with Crippen LogP contribution in [0.2, 0.25) is 0 Å². The lowest BCUT2D eigenvalue weighted by Crippen LogP contribution is -2.28. The number of carbonyl (C=O) groups is 1. The number of carbonyl (C=O) groups excluding carboxylic acids is 1. The van der Waals surface area contributed by atoms with Gasteiger partial charge >= 0.3 is 6.03 Å². The van der Waals surface area contributed by atoms with Crippen LogP contribution < -0.4 is 15.4 Å². The molecule has 4 heteroatoms. The van der Waals surface area contributed by atoms with Gasteiger partial charge < -0.3 is 15.4 Å². The van der Waals surface area contributed by atoms with Crippen LogP contribution in [0.5, 0.6) is 5.75 Å². The van der Waals surface area contributed by atoms with Gasteiger partial charge in [0.2, 0.25) is 0 Å². The van der Waals surface area contributed by atoms with Gasteiger partial charge in [0.1, 0.15) is 5.75 Å². The molecule has 0 saturated heterocycles. The number of benzene rings is 1. The van der Waals surface area contributed by atoms with Crippen LogP contribution >= 0.6 is 0 Å². The summed E-state index contributed by atoms with van der Waals surface area (Å²) in [6.45, 7) is 4.95. The van der Waals surface area contributed by atoms with Crippen LogP contribution in [0.4, 0.5) is 10.5 Å². The van der Waals surface area contributed by atoms with Gasteiger partial charge in [0.05, 0.1) is 12.3 Å². The van der Waals surface area contributed by atoms with Gasteiger partial charge in [-0.1, -0.05) is 12.1 Å². The van der Waals surface area contributed by atoms with Crippen molar-refractivity contribution in [2.24, 2.45) is 0 Å². The molecule has 4 nitrogen and oxygen atoms in total. The van der Waals surface area contributed by atoms with Crippen LogP contribution in [0.15, 0.2) is 24.3 Å². The van der Waals surface area contributed by atoms with E-state index in [0.29, 0.717) is 24.6 Å². The van der Waals surface area contributed by atoms with Crippen LogP contribution in [0, 0.1) is 0 Å². The minimum atomic E-state index is -0.218. The van der Waals surface area contributed by atoms with Gasteiger partial charge in [0, 0.05) is 6.54 Å². The normalized spacial score (nSPS) is 9.47. The molecule has 0 heterocycles. The number of nitrogens with one attached hydrogen (secondary N) is 2. The van der Waals surface area contributed by atoms with E-state index in [9.17, 15) is 4.79 Å². The molecule has 0 aliphatic carbocycles. The Balaban J connectivity index is 2.70. The molecule has 0 fully saturated rings. The summed E-state index contributed by atoms with van der Waals surface area (Å²) < 4.78 is 5.37. The zero-order valence-corrected chi connectivity index (χ0v) is 9.04. The van der Waals surface area contributed by atoms with E-state index in [1.807, 2.05) is 32.0 Å². The number of amides is 2. The fourth-order valence-electron chi connectivity index (χ4n) is 1.18. The summed E-state index contributed by atoms with van der Waals surface area (Å²) in [5.41, 5.74) is 0.685. The molecular weight excluding hydrogens is 192 g/mol. The molecule has 1 aromatic carbocycles. The molecule has 0 saturated carbocycles. The summed E-state index contributed by atoms with van der Waals surface area (Å²) in [5, 5.41) is 5.38. The van der Waals surface area contributed by atoms with Gasteiger partial charge in [0.15, 0.2) is 0 Å². The summed E-state index contributed by atoms with van der Waals surface area (Å²) in [5.74, 6) is 0.686. The lowest BCUT2D eigenvalue weighted by Gasteiger charge is -2.11. The zero-order valence-electron chi connectivity index (χ0n) is 9.04. The van der Waals surface area contributed by atoms with Crippen LogP contribution in [-0.4, -0.2) is 19.2 Å². The van der Waals surface area contributed by atoms with Crippen molar-refractivity contribution in [2.75, 3.05) is 18.5 Å². The van der Waals surface area contributed by atoms with Crippen molar-refractivity contribution >= 4 is 11.7 Å². The molecule has 82 valence electrons. The van der Waals surface area contributed by atoms with Gasteiger partial charge in [-0.15, -0.1) is 0 Å². The Hall–Kier alpha value is -1.71. The minimum Gasteiger partial charge on any atom is -0.492 e. The summed E-state index contributed by atoms with van der Waals surface area (Å²) in [6.07, 6.45) is 0. The summed E-state index contributed by atoms with van der Waals surface area (Å²) >= 11 is 0. The number of ether oxygens (including phenoxy) is 1. The average Bonchev–Trinajstić information content (AvgIpc) is 2.21. The van der Waals surface area contributed by atoms with Crippen molar-refractivity contribution in [1.82, 2.24) is 5.32 Å². The molecule has 0 radical (unpaired) electrons. The maximum absolute atomic E-state index is 11.3. The van der Waals surface area contributed by atoms with Crippen molar-refractivity contribution in [3.8, 4) is 5.75 Å². The molecule has 0 unspecified atom stereocenters. The first kappa shape index (κ1) is 11.4.